The van der Waals surface area contributed by atoms with Crippen molar-refractivity contribution >= 4 is 5.91 Å². The highest BCUT2D eigenvalue weighted by Crippen LogP contribution is 2.23. The molecule has 0 aromatic carbocycles. The highest BCUT2D eigenvalue weighted by molar-refractivity contribution is 5.92. The van der Waals surface area contributed by atoms with Gasteiger partial charge < -0.3 is 14.2 Å². The highest BCUT2D eigenvalue weighted by atomic mass is 16.5. The minimum Gasteiger partial charge on any atom is -0.370 e. The normalized spacial score (nSPS) is 18.8. The predicted molar refractivity (Wildman–Crippen MR) is 79.0 cm³/mol. The molecule has 1 saturated heterocycles. The maximum absolute atomic E-state index is 12.6. The molecule has 1 aliphatic heterocycles. The number of morpholine rings is 1. The first kappa shape index (κ1) is 13.8. The van der Waals surface area contributed by atoms with Crippen LogP contribution in [-0.2, 0) is 11.8 Å². The van der Waals surface area contributed by atoms with Crippen LogP contribution < -0.4 is 0 Å². The Labute approximate surface area is 124 Å². The van der Waals surface area contributed by atoms with Gasteiger partial charge in [-0.05, 0) is 36.8 Å². The molecule has 1 amide bonds. The number of aryl methyl sites for hydroxylation is 2. The van der Waals surface area contributed by atoms with Crippen LogP contribution in [0.1, 0.15) is 27.8 Å². The van der Waals surface area contributed by atoms with Crippen LogP contribution >= 0.6 is 0 Å². The zero-order chi connectivity index (χ0) is 14.8. The third-order valence-electron chi connectivity index (χ3n) is 3.81. The van der Waals surface area contributed by atoms with E-state index in [2.05, 4.69) is 4.98 Å². The number of hydrogen-bond donors (Lipinski definition) is 0. The van der Waals surface area contributed by atoms with Gasteiger partial charge in [-0.3, -0.25) is 9.78 Å². The molecule has 0 radical (unpaired) electrons. The van der Waals surface area contributed by atoms with Gasteiger partial charge in [0.15, 0.2) is 0 Å². The van der Waals surface area contributed by atoms with Crippen molar-refractivity contribution < 1.29 is 9.53 Å². The second kappa shape index (κ2) is 5.69. The topological polar surface area (TPSA) is 47.4 Å². The molecule has 2 aromatic heterocycles. The maximum atomic E-state index is 12.6. The number of pyridine rings is 1. The lowest BCUT2D eigenvalue weighted by Crippen LogP contribution is -2.42. The van der Waals surface area contributed by atoms with Gasteiger partial charge in [-0.2, -0.15) is 0 Å². The molecule has 5 heteroatoms. The van der Waals surface area contributed by atoms with Crippen molar-refractivity contribution in [1.29, 1.82) is 0 Å². The van der Waals surface area contributed by atoms with E-state index in [4.69, 9.17) is 4.74 Å². The fourth-order valence-corrected chi connectivity index (χ4v) is 2.65. The fraction of sp³-hybridized carbons (Fsp3) is 0.375. The smallest absolute Gasteiger partial charge is 0.270 e. The quantitative estimate of drug-likeness (QED) is 0.847. The lowest BCUT2D eigenvalue weighted by molar-refractivity contribution is -0.0231. The zero-order valence-corrected chi connectivity index (χ0v) is 12.3. The van der Waals surface area contributed by atoms with Gasteiger partial charge in [-0.25, -0.2) is 0 Å². The van der Waals surface area contributed by atoms with E-state index in [0.717, 1.165) is 11.3 Å². The molecular formula is C16H19N3O2. The molecule has 0 bridgehead atoms. The molecule has 1 atom stereocenters. The monoisotopic (exact) mass is 285 g/mol. The molecule has 3 rings (SSSR count). The van der Waals surface area contributed by atoms with Crippen molar-refractivity contribution in [3.63, 3.8) is 0 Å². The maximum Gasteiger partial charge on any atom is 0.270 e. The number of ether oxygens (including phenoxy) is 1. The number of carbonyl (C=O) groups excluding carboxylic acids is 1. The summed E-state index contributed by atoms with van der Waals surface area (Å²) in [5.41, 5.74) is 2.75. The molecule has 0 spiro atoms. The zero-order valence-electron chi connectivity index (χ0n) is 12.3. The average Bonchev–Trinajstić information content (AvgIpc) is 2.93. The van der Waals surface area contributed by atoms with Crippen LogP contribution in [0.2, 0.25) is 0 Å². The van der Waals surface area contributed by atoms with Gasteiger partial charge in [0.1, 0.15) is 11.8 Å². The fourth-order valence-electron chi connectivity index (χ4n) is 2.65. The standard InChI is InChI=1S/C16H19N3O2/c1-12-10-13(5-6-17-12)15-11-19(8-9-21-15)16(20)14-4-3-7-18(14)2/h3-7,10,15H,8-9,11H2,1-2H3. The molecule has 0 saturated carbocycles. The summed E-state index contributed by atoms with van der Waals surface area (Å²) in [6.45, 7) is 3.72. The molecule has 21 heavy (non-hydrogen) atoms. The molecular weight excluding hydrogens is 266 g/mol. The Morgan fingerprint density at radius 3 is 3.00 bits per heavy atom. The first-order valence-electron chi connectivity index (χ1n) is 7.10. The van der Waals surface area contributed by atoms with E-state index in [-0.39, 0.29) is 12.0 Å². The molecule has 0 N–H and O–H groups in total. The third-order valence-corrected chi connectivity index (χ3v) is 3.81. The van der Waals surface area contributed by atoms with Crippen LogP contribution in [0, 0.1) is 6.92 Å². The molecule has 3 heterocycles. The molecule has 1 fully saturated rings. The lowest BCUT2D eigenvalue weighted by Gasteiger charge is -2.33. The summed E-state index contributed by atoms with van der Waals surface area (Å²) in [5.74, 6) is 0.0570. The van der Waals surface area contributed by atoms with Crippen molar-refractivity contribution in [3.05, 3.63) is 53.6 Å². The highest BCUT2D eigenvalue weighted by Gasteiger charge is 2.27. The summed E-state index contributed by atoms with van der Waals surface area (Å²) in [6, 6.07) is 7.70. The van der Waals surface area contributed by atoms with Gasteiger partial charge >= 0.3 is 0 Å². The third kappa shape index (κ3) is 2.83. The largest absolute Gasteiger partial charge is 0.370 e. The second-order valence-electron chi connectivity index (χ2n) is 5.35. The van der Waals surface area contributed by atoms with E-state index in [9.17, 15) is 4.79 Å². The Morgan fingerprint density at radius 1 is 1.43 bits per heavy atom. The van der Waals surface area contributed by atoms with Gasteiger partial charge in [-0.15, -0.1) is 0 Å². The summed E-state index contributed by atoms with van der Waals surface area (Å²) in [5, 5.41) is 0. The van der Waals surface area contributed by atoms with Gasteiger partial charge in [0, 0.05) is 31.7 Å². The van der Waals surface area contributed by atoms with Gasteiger partial charge in [-0.1, -0.05) is 0 Å². The lowest BCUT2D eigenvalue weighted by atomic mass is 10.1. The Bertz CT molecular complexity index is 650. The number of nitrogens with zero attached hydrogens (tertiary/aromatic N) is 3. The number of hydrogen-bond acceptors (Lipinski definition) is 3. The van der Waals surface area contributed by atoms with E-state index in [1.54, 1.807) is 6.20 Å². The first-order valence-corrected chi connectivity index (χ1v) is 7.10. The van der Waals surface area contributed by atoms with Crippen molar-refractivity contribution in [2.45, 2.75) is 13.0 Å². The molecule has 110 valence electrons. The van der Waals surface area contributed by atoms with Crippen molar-refractivity contribution in [1.82, 2.24) is 14.5 Å². The summed E-state index contributed by atoms with van der Waals surface area (Å²) in [7, 11) is 1.89. The van der Waals surface area contributed by atoms with Crippen LogP contribution in [0.4, 0.5) is 0 Å². The number of carbonyl (C=O) groups is 1. The van der Waals surface area contributed by atoms with Crippen LogP contribution in [0.5, 0.6) is 0 Å². The average molecular weight is 285 g/mol. The molecule has 1 unspecified atom stereocenters. The second-order valence-corrected chi connectivity index (χ2v) is 5.35. The van der Waals surface area contributed by atoms with Gasteiger partial charge in [0.05, 0.1) is 13.2 Å². The van der Waals surface area contributed by atoms with E-state index in [0.29, 0.717) is 25.4 Å². The van der Waals surface area contributed by atoms with Gasteiger partial charge in [0.25, 0.3) is 5.91 Å². The minimum atomic E-state index is -0.0790. The Kier molecular flexibility index (Phi) is 3.75. The molecule has 1 aliphatic rings. The first-order chi connectivity index (χ1) is 10.1. The number of aromatic nitrogens is 2. The summed E-state index contributed by atoms with van der Waals surface area (Å²) in [6.07, 6.45) is 3.59. The predicted octanol–water partition coefficient (Wildman–Crippen LogP) is 1.94. The van der Waals surface area contributed by atoms with E-state index >= 15 is 0 Å². The Morgan fingerprint density at radius 2 is 2.29 bits per heavy atom. The molecule has 2 aromatic rings. The number of rotatable bonds is 2. The van der Waals surface area contributed by atoms with Crippen LogP contribution in [0.3, 0.4) is 0 Å². The summed E-state index contributed by atoms with van der Waals surface area (Å²) in [4.78, 5) is 18.6. The molecule has 0 aliphatic carbocycles. The van der Waals surface area contributed by atoms with Crippen molar-refractivity contribution in [2.24, 2.45) is 7.05 Å². The van der Waals surface area contributed by atoms with Crippen LogP contribution in [-0.4, -0.2) is 40.1 Å². The molecule has 5 nitrogen and oxygen atoms in total. The number of amides is 1. The Hall–Kier alpha value is -2.14. The SMILES string of the molecule is Cc1cc(C2CN(C(=O)c3cccn3C)CCO2)ccn1. The Balaban J connectivity index is 1.77. The van der Waals surface area contributed by atoms with E-state index < -0.39 is 0 Å². The van der Waals surface area contributed by atoms with E-state index in [1.165, 1.54) is 0 Å². The van der Waals surface area contributed by atoms with Crippen molar-refractivity contribution in [3.8, 4) is 0 Å². The summed E-state index contributed by atoms with van der Waals surface area (Å²) >= 11 is 0. The minimum absolute atomic E-state index is 0.0570. The van der Waals surface area contributed by atoms with Gasteiger partial charge in [0.2, 0.25) is 0 Å². The van der Waals surface area contributed by atoms with Crippen LogP contribution in [0.25, 0.3) is 0 Å². The van der Waals surface area contributed by atoms with E-state index in [1.807, 2.05) is 53.9 Å². The summed E-state index contributed by atoms with van der Waals surface area (Å²) < 4.78 is 7.67. The van der Waals surface area contributed by atoms with Crippen LogP contribution in [0.15, 0.2) is 36.7 Å². The van der Waals surface area contributed by atoms with Crippen molar-refractivity contribution in [2.75, 3.05) is 19.7 Å².